The maximum absolute atomic E-state index is 14.0. The summed E-state index contributed by atoms with van der Waals surface area (Å²) in [5, 5.41) is 3.19. The molecule has 8 nitrogen and oxygen atoms in total. The molecule has 0 heterocycles. The van der Waals surface area contributed by atoms with E-state index in [0.717, 1.165) is 35.6 Å². The number of rotatable bonds is 11. The van der Waals surface area contributed by atoms with Crippen LogP contribution in [0.4, 0.5) is 10.1 Å². The number of nitrogens with one attached hydrogen (secondary N) is 1. The predicted molar refractivity (Wildman–Crippen MR) is 161 cm³/mol. The van der Waals surface area contributed by atoms with Crippen molar-refractivity contribution >= 4 is 39.1 Å². The fourth-order valence-electron chi connectivity index (χ4n) is 4.94. The summed E-state index contributed by atoms with van der Waals surface area (Å²) in [6.07, 6.45) is 3.78. The molecular weight excluding hydrogens is 581 g/mol. The lowest BCUT2D eigenvalue weighted by molar-refractivity contribution is -0.139. The second-order valence-corrected chi connectivity index (χ2v) is 12.7. The van der Waals surface area contributed by atoms with Crippen molar-refractivity contribution in [2.24, 2.45) is 0 Å². The zero-order valence-corrected chi connectivity index (χ0v) is 25.4. The third kappa shape index (κ3) is 7.41. The van der Waals surface area contributed by atoms with Gasteiger partial charge in [-0.25, -0.2) is 12.8 Å². The Labute approximate surface area is 251 Å². The highest BCUT2D eigenvalue weighted by atomic mass is 35.5. The number of benzene rings is 3. The highest BCUT2D eigenvalue weighted by molar-refractivity contribution is 7.92. The summed E-state index contributed by atoms with van der Waals surface area (Å²) in [6, 6.07) is 15.4. The lowest BCUT2D eigenvalue weighted by Crippen LogP contribution is -2.52. The van der Waals surface area contributed by atoms with Gasteiger partial charge in [0, 0.05) is 12.6 Å². The smallest absolute Gasteiger partial charge is 0.264 e. The van der Waals surface area contributed by atoms with Gasteiger partial charge in [-0.3, -0.25) is 13.9 Å². The molecule has 224 valence electrons. The molecule has 0 aromatic heterocycles. The van der Waals surface area contributed by atoms with E-state index in [-0.39, 0.29) is 34.1 Å². The van der Waals surface area contributed by atoms with E-state index in [1.165, 1.54) is 66.6 Å². The number of halogens is 2. The maximum Gasteiger partial charge on any atom is 0.264 e. The number of hydrogen-bond donors (Lipinski definition) is 1. The second kappa shape index (κ2) is 13.6. The normalized spacial score (nSPS) is 14.3. The fourth-order valence-corrected chi connectivity index (χ4v) is 6.60. The van der Waals surface area contributed by atoms with Crippen LogP contribution < -0.4 is 14.4 Å². The molecule has 0 unspecified atom stereocenters. The number of methoxy groups -OCH3 is 1. The van der Waals surface area contributed by atoms with Gasteiger partial charge in [0.05, 0.1) is 22.7 Å². The second-order valence-electron chi connectivity index (χ2n) is 10.5. The predicted octanol–water partition coefficient (Wildman–Crippen LogP) is 5.47. The van der Waals surface area contributed by atoms with Crippen LogP contribution in [-0.2, 0) is 26.2 Å². The third-order valence-corrected chi connectivity index (χ3v) is 9.53. The molecular formula is C31H35ClFN3O5S. The molecule has 4 rings (SSSR count). The fraction of sp³-hybridized carbons (Fsp3) is 0.355. The molecule has 42 heavy (non-hydrogen) atoms. The van der Waals surface area contributed by atoms with Gasteiger partial charge in [0.2, 0.25) is 11.8 Å². The first-order valence-corrected chi connectivity index (χ1v) is 15.6. The van der Waals surface area contributed by atoms with Gasteiger partial charge in [-0.1, -0.05) is 54.3 Å². The monoisotopic (exact) mass is 615 g/mol. The van der Waals surface area contributed by atoms with Crippen molar-refractivity contribution in [3.8, 4) is 5.75 Å². The Morgan fingerprint density at radius 3 is 2.29 bits per heavy atom. The minimum atomic E-state index is -4.24. The van der Waals surface area contributed by atoms with Crippen LogP contribution in [0.1, 0.15) is 43.7 Å². The number of hydrogen-bond acceptors (Lipinski definition) is 5. The summed E-state index contributed by atoms with van der Waals surface area (Å²) in [5.74, 6) is -1.04. The van der Waals surface area contributed by atoms with Gasteiger partial charge in [-0.05, 0) is 74.7 Å². The van der Waals surface area contributed by atoms with Crippen LogP contribution >= 0.6 is 11.6 Å². The molecule has 11 heteroatoms. The van der Waals surface area contributed by atoms with Crippen molar-refractivity contribution in [3.05, 3.63) is 88.7 Å². The van der Waals surface area contributed by atoms with Gasteiger partial charge in [-0.2, -0.15) is 0 Å². The molecule has 1 saturated carbocycles. The van der Waals surface area contributed by atoms with Crippen LogP contribution in [0.3, 0.4) is 0 Å². The Hall–Kier alpha value is -3.63. The molecule has 2 amide bonds. The summed E-state index contributed by atoms with van der Waals surface area (Å²) >= 11 is 6.36. The van der Waals surface area contributed by atoms with Gasteiger partial charge < -0.3 is 15.0 Å². The van der Waals surface area contributed by atoms with Crippen LogP contribution in [-0.4, -0.2) is 50.9 Å². The summed E-state index contributed by atoms with van der Waals surface area (Å²) in [5.41, 5.74) is 1.61. The lowest BCUT2D eigenvalue weighted by Gasteiger charge is -2.32. The van der Waals surface area contributed by atoms with Gasteiger partial charge in [0.25, 0.3) is 10.0 Å². The van der Waals surface area contributed by atoms with Crippen molar-refractivity contribution in [1.82, 2.24) is 10.2 Å². The Balaban J connectivity index is 1.71. The molecule has 3 aromatic rings. The summed E-state index contributed by atoms with van der Waals surface area (Å²) in [7, 11) is -2.80. The number of nitrogens with zero attached hydrogens (tertiary/aromatic N) is 2. The summed E-state index contributed by atoms with van der Waals surface area (Å²) < 4.78 is 47.7. The molecule has 0 bridgehead atoms. The van der Waals surface area contributed by atoms with E-state index >= 15 is 0 Å². The average molecular weight is 616 g/mol. The standard InChI is InChI=1S/C31H35ClFN3O5S/c1-21-8-15-27(16-9-21)42(39,40)36(26-14-17-29(41-3)28(32)18-26)20-30(37)35(19-23-10-12-24(33)13-11-23)22(2)31(38)34-25-6-4-5-7-25/h8-18,22,25H,4-7,19-20H2,1-3H3,(H,34,38)/t22-/m1/s1. The largest absolute Gasteiger partial charge is 0.495 e. The van der Waals surface area contributed by atoms with Crippen LogP contribution in [0.15, 0.2) is 71.6 Å². The van der Waals surface area contributed by atoms with Crippen LogP contribution in [0, 0.1) is 12.7 Å². The Bertz CT molecular complexity index is 1510. The number of aryl methyl sites for hydroxylation is 1. The highest BCUT2D eigenvalue weighted by Gasteiger charge is 2.33. The molecule has 0 radical (unpaired) electrons. The van der Waals surface area contributed by atoms with Gasteiger partial charge >= 0.3 is 0 Å². The lowest BCUT2D eigenvalue weighted by atomic mass is 10.1. The first-order valence-electron chi connectivity index (χ1n) is 13.8. The number of ether oxygens (including phenoxy) is 1. The van der Waals surface area contributed by atoms with Crippen LogP contribution in [0.5, 0.6) is 5.75 Å². The van der Waals surface area contributed by atoms with E-state index in [9.17, 15) is 22.4 Å². The number of sulfonamides is 1. The van der Waals surface area contributed by atoms with Crippen molar-refractivity contribution in [1.29, 1.82) is 0 Å². The number of carbonyl (C=O) groups excluding carboxylic acids is 2. The minimum absolute atomic E-state index is 0.00931. The molecule has 3 aromatic carbocycles. The van der Waals surface area contributed by atoms with Crippen molar-refractivity contribution in [3.63, 3.8) is 0 Å². The molecule has 0 aliphatic heterocycles. The third-order valence-electron chi connectivity index (χ3n) is 7.45. The van der Waals surface area contributed by atoms with Crippen molar-refractivity contribution < 1.29 is 27.1 Å². The van der Waals surface area contributed by atoms with Gasteiger partial charge in [-0.15, -0.1) is 0 Å². The number of anilines is 1. The van der Waals surface area contributed by atoms with E-state index < -0.39 is 34.3 Å². The van der Waals surface area contributed by atoms with Crippen molar-refractivity contribution in [2.75, 3.05) is 18.0 Å². The molecule has 1 atom stereocenters. The highest BCUT2D eigenvalue weighted by Crippen LogP contribution is 2.32. The topological polar surface area (TPSA) is 96.0 Å². The summed E-state index contributed by atoms with van der Waals surface area (Å²) in [6.45, 7) is 2.81. The van der Waals surface area contributed by atoms with E-state index in [1.54, 1.807) is 19.1 Å². The molecule has 1 aliphatic rings. The number of amides is 2. The zero-order chi connectivity index (χ0) is 30.4. The Morgan fingerprint density at radius 1 is 1.05 bits per heavy atom. The quantitative estimate of drug-likeness (QED) is 0.309. The number of carbonyl (C=O) groups is 2. The van der Waals surface area contributed by atoms with Gasteiger partial charge in [0.1, 0.15) is 24.2 Å². The van der Waals surface area contributed by atoms with Crippen molar-refractivity contribution in [2.45, 2.75) is 63.1 Å². The molecule has 1 fully saturated rings. The Morgan fingerprint density at radius 2 is 1.69 bits per heavy atom. The van der Waals surface area contributed by atoms with E-state index in [4.69, 9.17) is 16.3 Å². The van der Waals surface area contributed by atoms with Crippen LogP contribution in [0.2, 0.25) is 5.02 Å². The molecule has 0 saturated heterocycles. The SMILES string of the molecule is COc1ccc(N(CC(=O)N(Cc2ccc(F)cc2)[C@H](C)C(=O)NC2CCCC2)S(=O)(=O)c2ccc(C)cc2)cc1Cl. The molecule has 1 N–H and O–H groups in total. The van der Waals surface area contributed by atoms with E-state index in [0.29, 0.717) is 11.3 Å². The first kappa shape index (κ1) is 31.3. The van der Waals surface area contributed by atoms with Gasteiger partial charge in [0.15, 0.2) is 0 Å². The molecule has 0 spiro atoms. The summed E-state index contributed by atoms with van der Waals surface area (Å²) in [4.78, 5) is 28.6. The molecule has 1 aliphatic carbocycles. The van der Waals surface area contributed by atoms with E-state index in [1.807, 2.05) is 6.92 Å². The van der Waals surface area contributed by atoms with E-state index in [2.05, 4.69) is 5.32 Å². The minimum Gasteiger partial charge on any atom is -0.495 e. The first-order chi connectivity index (χ1) is 20.0. The van der Waals surface area contributed by atoms with Crippen LogP contribution in [0.25, 0.3) is 0 Å². The maximum atomic E-state index is 14.0. The average Bonchev–Trinajstić information content (AvgIpc) is 3.48. The zero-order valence-electron chi connectivity index (χ0n) is 23.8. The Kier molecular flexibility index (Phi) is 10.1.